The summed E-state index contributed by atoms with van der Waals surface area (Å²) in [6.45, 7) is 3.76. The molecule has 1 heterocycles. The van der Waals surface area contributed by atoms with Gasteiger partial charge in [-0.1, -0.05) is 6.07 Å². The van der Waals surface area contributed by atoms with E-state index in [1.54, 1.807) is 44.2 Å². The number of hydrogen-bond donors (Lipinski definition) is 2. The summed E-state index contributed by atoms with van der Waals surface area (Å²) in [5, 5.41) is 20.0. The maximum Gasteiger partial charge on any atom is 0.338 e. The van der Waals surface area contributed by atoms with Crippen LogP contribution in [-0.2, 0) is 11.3 Å². The molecule has 3 rings (SSSR count). The van der Waals surface area contributed by atoms with Gasteiger partial charge in [0.15, 0.2) is 0 Å². The molecule has 0 unspecified atom stereocenters. The Labute approximate surface area is 127 Å². The third-order valence-corrected chi connectivity index (χ3v) is 3.57. The van der Waals surface area contributed by atoms with E-state index in [0.29, 0.717) is 17.0 Å². The van der Waals surface area contributed by atoms with Gasteiger partial charge >= 0.3 is 5.97 Å². The van der Waals surface area contributed by atoms with Crippen molar-refractivity contribution in [1.82, 2.24) is 0 Å². The smallest absolute Gasteiger partial charge is 0.338 e. The number of esters is 1. The number of ether oxygens (including phenoxy) is 1. The number of benzene rings is 2. The van der Waals surface area contributed by atoms with Gasteiger partial charge in [-0.25, -0.2) is 4.79 Å². The van der Waals surface area contributed by atoms with Crippen molar-refractivity contribution in [2.45, 2.75) is 20.5 Å². The van der Waals surface area contributed by atoms with Gasteiger partial charge in [-0.3, -0.25) is 4.99 Å². The van der Waals surface area contributed by atoms with Crippen LogP contribution < -0.4 is 0 Å². The minimum atomic E-state index is -0.356. The Kier molecular flexibility index (Phi) is 3.33. The number of phenolic OH excluding ortho intramolecular Hbond substituents is 2. The molecule has 0 fully saturated rings. The van der Waals surface area contributed by atoms with Crippen molar-refractivity contribution in [3.63, 3.8) is 0 Å². The van der Waals surface area contributed by atoms with Gasteiger partial charge in [0.1, 0.15) is 18.1 Å². The third-order valence-electron chi connectivity index (χ3n) is 3.57. The molecule has 0 saturated heterocycles. The van der Waals surface area contributed by atoms with Gasteiger partial charge in [-0.2, -0.15) is 0 Å². The Balaban J connectivity index is 2.03. The predicted octanol–water partition coefficient (Wildman–Crippen LogP) is 3.22. The molecule has 0 amide bonds. The summed E-state index contributed by atoms with van der Waals surface area (Å²) in [5.74, 6) is -0.413. The zero-order valence-electron chi connectivity index (χ0n) is 12.3. The lowest BCUT2D eigenvalue weighted by molar-refractivity contribution is 0.0535. The van der Waals surface area contributed by atoms with Crippen LogP contribution in [0.25, 0.3) is 0 Å². The van der Waals surface area contributed by atoms with Crippen LogP contribution in [0.2, 0.25) is 0 Å². The first kappa shape index (κ1) is 14.1. The van der Waals surface area contributed by atoms with E-state index >= 15 is 0 Å². The van der Waals surface area contributed by atoms with Crippen LogP contribution in [-0.4, -0.2) is 21.9 Å². The highest BCUT2D eigenvalue weighted by molar-refractivity contribution is 6.05. The number of carbonyl (C=O) groups is 1. The number of aryl methyl sites for hydroxylation is 1. The lowest BCUT2D eigenvalue weighted by atomic mass is 10.1. The highest BCUT2D eigenvalue weighted by Crippen LogP contribution is 2.31. The average Bonchev–Trinajstić information content (AvgIpc) is 2.79. The lowest BCUT2D eigenvalue weighted by Crippen LogP contribution is -1.97. The van der Waals surface area contributed by atoms with E-state index in [1.807, 2.05) is 0 Å². The number of carbonyl (C=O) groups excluding carboxylic acids is 1. The van der Waals surface area contributed by atoms with Crippen molar-refractivity contribution in [1.29, 1.82) is 0 Å². The van der Waals surface area contributed by atoms with Crippen LogP contribution >= 0.6 is 0 Å². The number of nitrogens with zero attached hydrogens (tertiary/aromatic N) is 1. The Bertz CT molecular complexity index is 785. The first-order chi connectivity index (χ1) is 10.5. The average molecular weight is 297 g/mol. The molecule has 22 heavy (non-hydrogen) atoms. The maximum absolute atomic E-state index is 11.6. The number of cyclic esters (lactones) is 1. The number of fused-ring (bicyclic) bond motifs is 1. The van der Waals surface area contributed by atoms with E-state index in [1.165, 1.54) is 0 Å². The molecule has 2 N–H and O–H groups in total. The summed E-state index contributed by atoms with van der Waals surface area (Å²) < 4.78 is 4.95. The minimum Gasteiger partial charge on any atom is -0.507 e. The Morgan fingerprint density at radius 2 is 1.86 bits per heavy atom. The molecule has 0 aromatic heterocycles. The van der Waals surface area contributed by atoms with Crippen molar-refractivity contribution < 1.29 is 19.7 Å². The van der Waals surface area contributed by atoms with Gasteiger partial charge in [0, 0.05) is 5.56 Å². The SMILES string of the molecule is CC(=Nc1ccc2c(c1)C(=O)OC2)c1c(O)cc(C)cc1O. The molecule has 0 bridgehead atoms. The van der Waals surface area contributed by atoms with Crippen molar-refractivity contribution in [3.05, 3.63) is 52.6 Å². The molecule has 2 aromatic rings. The molecular weight excluding hydrogens is 282 g/mol. The van der Waals surface area contributed by atoms with E-state index in [9.17, 15) is 15.0 Å². The molecule has 0 saturated carbocycles. The fourth-order valence-electron chi connectivity index (χ4n) is 2.54. The summed E-state index contributed by atoms with van der Waals surface area (Å²) in [7, 11) is 0. The van der Waals surface area contributed by atoms with Crippen LogP contribution in [0.5, 0.6) is 11.5 Å². The molecule has 112 valence electrons. The van der Waals surface area contributed by atoms with Crippen LogP contribution in [0.4, 0.5) is 5.69 Å². The topological polar surface area (TPSA) is 79.1 Å². The quantitative estimate of drug-likeness (QED) is 0.659. The van der Waals surface area contributed by atoms with Gasteiger partial charge in [0.05, 0.1) is 22.5 Å². The summed E-state index contributed by atoms with van der Waals surface area (Å²) in [6.07, 6.45) is 0. The Morgan fingerprint density at radius 1 is 1.18 bits per heavy atom. The fourth-order valence-corrected chi connectivity index (χ4v) is 2.54. The van der Waals surface area contributed by atoms with Crippen LogP contribution in [0.3, 0.4) is 0 Å². The Morgan fingerprint density at radius 3 is 2.55 bits per heavy atom. The molecule has 5 nitrogen and oxygen atoms in total. The zero-order chi connectivity index (χ0) is 15.9. The number of aliphatic imine (C=N–C) groups is 1. The first-order valence-electron chi connectivity index (χ1n) is 6.84. The van der Waals surface area contributed by atoms with Crippen LogP contribution in [0.1, 0.15) is 34.0 Å². The molecule has 5 heteroatoms. The van der Waals surface area contributed by atoms with E-state index in [0.717, 1.165) is 11.1 Å². The highest BCUT2D eigenvalue weighted by atomic mass is 16.5. The number of rotatable bonds is 2. The van der Waals surface area contributed by atoms with E-state index < -0.39 is 0 Å². The largest absolute Gasteiger partial charge is 0.507 e. The molecule has 2 aromatic carbocycles. The van der Waals surface area contributed by atoms with Gasteiger partial charge < -0.3 is 14.9 Å². The molecular formula is C17H15NO4. The summed E-state index contributed by atoms with van der Waals surface area (Å²) in [6, 6.07) is 8.34. The highest BCUT2D eigenvalue weighted by Gasteiger charge is 2.21. The second-order valence-corrected chi connectivity index (χ2v) is 5.29. The van der Waals surface area contributed by atoms with Crippen molar-refractivity contribution in [3.8, 4) is 11.5 Å². The molecule has 0 radical (unpaired) electrons. The van der Waals surface area contributed by atoms with E-state index in [2.05, 4.69) is 4.99 Å². The van der Waals surface area contributed by atoms with E-state index in [-0.39, 0.29) is 29.6 Å². The number of hydrogen-bond acceptors (Lipinski definition) is 5. The van der Waals surface area contributed by atoms with Crippen LogP contribution in [0, 0.1) is 6.92 Å². The van der Waals surface area contributed by atoms with Gasteiger partial charge in [-0.05, 0) is 43.7 Å². The minimum absolute atomic E-state index is 0.0284. The fraction of sp³-hybridized carbons (Fsp3) is 0.176. The van der Waals surface area contributed by atoms with Crippen molar-refractivity contribution in [2.75, 3.05) is 0 Å². The van der Waals surface area contributed by atoms with Gasteiger partial charge in [-0.15, -0.1) is 0 Å². The first-order valence-corrected chi connectivity index (χ1v) is 6.84. The summed E-state index contributed by atoms with van der Waals surface area (Å²) in [4.78, 5) is 15.9. The zero-order valence-corrected chi connectivity index (χ0v) is 12.3. The summed E-state index contributed by atoms with van der Waals surface area (Å²) in [5.41, 5.74) is 3.41. The lowest BCUT2D eigenvalue weighted by Gasteiger charge is -2.08. The third kappa shape index (κ3) is 2.41. The molecule has 0 atom stereocenters. The van der Waals surface area contributed by atoms with Crippen molar-refractivity contribution in [2.24, 2.45) is 4.99 Å². The molecule has 0 spiro atoms. The molecule has 0 aliphatic carbocycles. The number of aromatic hydroxyl groups is 2. The second kappa shape index (κ2) is 5.18. The molecule has 1 aliphatic heterocycles. The maximum atomic E-state index is 11.6. The molecule has 1 aliphatic rings. The van der Waals surface area contributed by atoms with E-state index in [4.69, 9.17) is 4.74 Å². The van der Waals surface area contributed by atoms with Gasteiger partial charge in [0.2, 0.25) is 0 Å². The summed E-state index contributed by atoms with van der Waals surface area (Å²) >= 11 is 0. The van der Waals surface area contributed by atoms with Crippen LogP contribution in [0.15, 0.2) is 35.3 Å². The normalized spacial score (nSPS) is 13.9. The predicted molar refractivity (Wildman–Crippen MR) is 81.9 cm³/mol. The van der Waals surface area contributed by atoms with Crippen molar-refractivity contribution >= 4 is 17.4 Å². The number of phenols is 2. The Hall–Kier alpha value is -2.82. The van der Waals surface area contributed by atoms with Gasteiger partial charge in [0.25, 0.3) is 0 Å². The second-order valence-electron chi connectivity index (χ2n) is 5.29. The standard InChI is InChI=1S/C17H15NO4/c1-9-5-14(19)16(15(20)6-9)10(2)18-12-4-3-11-8-22-17(21)13(11)7-12/h3-7,19-20H,8H2,1-2H3. The monoisotopic (exact) mass is 297 g/mol.